The maximum absolute atomic E-state index is 13.5. The zero-order chi connectivity index (χ0) is 31.1. The molecule has 4 aliphatic rings. The van der Waals surface area contributed by atoms with Crippen LogP contribution < -0.4 is 14.4 Å². The molecule has 0 radical (unpaired) electrons. The monoisotopic (exact) mass is 642 g/mol. The maximum atomic E-state index is 13.5. The Kier molecular flexibility index (Phi) is 9.03. The molecule has 8 nitrogen and oxygen atoms in total. The molecule has 2 aromatic rings. The number of carbonyl (C=O) groups excluding carboxylic acids is 1. The number of ether oxygens (including phenoxy) is 3. The number of halogens is 1. The molecular weight excluding hydrogens is 600 g/mol. The van der Waals surface area contributed by atoms with E-state index in [9.17, 15) is 13.2 Å². The van der Waals surface area contributed by atoms with Gasteiger partial charge >= 0.3 is 0 Å². The Morgan fingerprint density at radius 2 is 1.98 bits per heavy atom. The highest BCUT2D eigenvalue weighted by Gasteiger charge is 2.44. The van der Waals surface area contributed by atoms with Crippen LogP contribution in [0.4, 0.5) is 5.69 Å². The molecule has 1 spiro atoms. The van der Waals surface area contributed by atoms with Gasteiger partial charge < -0.3 is 19.1 Å². The van der Waals surface area contributed by atoms with Crippen molar-refractivity contribution < 1.29 is 27.4 Å². The Balaban J connectivity index is 1.43. The fraction of sp³-hybridized carbons (Fsp3) is 0.559. The minimum Gasteiger partial charge on any atom is -0.490 e. The van der Waals surface area contributed by atoms with Gasteiger partial charge in [-0.2, -0.15) is 0 Å². The average Bonchev–Trinajstić information content (AvgIpc) is 3.13. The van der Waals surface area contributed by atoms with E-state index in [0.717, 1.165) is 55.9 Å². The van der Waals surface area contributed by atoms with E-state index in [1.165, 1.54) is 18.2 Å². The zero-order valence-corrected chi connectivity index (χ0v) is 27.3. The molecule has 6 rings (SSSR count). The molecule has 0 unspecified atom stereocenters. The van der Waals surface area contributed by atoms with Crippen molar-refractivity contribution in [3.63, 3.8) is 0 Å². The van der Waals surface area contributed by atoms with Crippen LogP contribution in [0.2, 0.25) is 5.02 Å². The molecule has 1 saturated carbocycles. The smallest absolute Gasteiger partial charge is 0.264 e. The summed E-state index contributed by atoms with van der Waals surface area (Å²) in [7, 11) is -0.792. The van der Waals surface area contributed by atoms with Gasteiger partial charge in [0.15, 0.2) is 0 Å². The normalized spacial score (nSPS) is 32.3. The fourth-order valence-electron chi connectivity index (χ4n) is 7.72. The van der Waals surface area contributed by atoms with Gasteiger partial charge in [-0.05, 0) is 97.7 Å². The number of amides is 1. The van der Waals surface area contributed by atoms with E-state index >= 15 is 0 Å². The third-order valence-electron chi connectivity index (χ3n) is 10.2. The third kappa shape index (κ3) is 6.13. The van der Waals surface area contributed by atoms with Gasteiger partial charge in [0, 0.05) is 43.3 Å². The van der Waals surface area contributed by atoms with Gasteiger partial charge in [0.25, 0.3) is 5.91 Å². The van der Waals surface area contributed by atoms with Crippen LogP contribution in [0.3, 0.4) is 0 Å². The van der Waals surface area contributed by atoms with Crippen molar-refractivity contribution in [1.82, 2.24) is 4.72 Å². The standard InChI is InChI=1S/C34H43ClN2O6S/c1-22-6-12-31(42-3)28-10-7-25(28)18-37-20-34(14-4-5-23-16-26(35)9-11-29(23)34)21-43-32-13-8-24(17-30(32)37)33(38)36-44(39,40)27(15-22)19-41-2/h6,8-9,11-13,16-17,22,25,27-28,31H,4-5,7,10,14-15,18-21H2,1-3H3,(H,36,38)/b12-6+/t22-,25+,27+,28-,31+,34+/m1/s1. The summed E-state index contributed by atoms with van der Waals surface area (Å²) in [4.78, 5) is 15.9. The molecule has 1 N–H and O–H groups in total. The summed E-state index contributed by atoms with van der Waals surface area (Å²) in [6.07, 6.45) is 9.56. The predicted octanol–water partition coefficient (Wildman–Crippen LogP) is 5.52. The molecule has 44 heavy (non-hydrogen) atoms. The molecule has 2 bridgehead atoms. The lowest BCUT2D eigenvalue weighted by Crippen LogP contribution is -2.49. The van der Waals surface area contributed by atoms with Crippen molar-refractivity contribution in [3.05, 3.63) is 70.3 Å². The van der Waals surface area contributed by atoms with Gasteiger partial charge in [0.05, 0.1) is 25.0 Å². The molecule has 1 fully saturated rings. The summed E-state index contributed by atoms with van der Waals surface area (Å²) in [6, 6.07) is 11.5. The first-order chi connectivity index (χ1) is 21.1. The largest absolute Gasteiger partial charge is 0.490 e. The average molecular weight is 643 g/mol. The highest BCUT2D eigenvalue weighted by Crippen LogP contribution is 2.47. The number of allylic oxidation sites excluding steroid dienone is 1. The van der Waals surface area contributed by atoms with Gasteiger partial charge in [-0.1, -0.05) is 36.7 Å². The topological polar surface area (TPSA) is 94.2 Å². The highest BCUT2D eigenvalue weighted by molar-refractivity contribution is 7.90. The number of hydrogen-bond acceptors (Lipinski definition) is 7. The van der Waals surface area contributed by atoms with Gasteiger partial charge in [-0.25, -0.2) is 13.1 Å². The van der Waals surface area contributed by atoms with E-state index < -0.39 is 21.2 Å². The molecule has 0 saturated heterocycles. The van der Waals surface area contributed by atoms with Gasteiger partial charge in [-0.3, -0.25) is 4.79 Å². The van der Waals surface area contributed by atoms with Gasteiger partial charge in [-0.15, -0.1) is 0 Å². The summed E-state index contributed by atoms with van der Waals surface area (Å²) in [5.74, 6) is 0.722. The quantitative estimate of drug-likeness (QED) is 0.441. The fourth-order valence-corrected chi connectivity index (χ4v) is 9.33. The van der Waals surface area contributed by atoms with Crippen molar-refractivity contribution in [1.29, 1.82) is 0 Å². The maximum Gasteiger partial charge on any atom is 0.264 e. The number of rotatable bonds is 3. The molecule has 10 heteroatoms. The minimum absolute atomic E-state index is 0.0141. The molecule has 6 atom stereocenters. The molecular formula is C34H43ClN2O6S. The van der Waals surface area contributed by atoms with Crippen molar-refractivity contribution >= 4 is 33.2 Å². The van der Waals surface area contributed by atoms with E-state index in [2.05, 4.69) is 33.9 Å². The Morgan fingerprint density at radius 1 is 1.14 bits per heavy atom. The summed E-state index contributed by atoms with van der Waals surface area (Å²) < 4.78 is 47.1. The zero-order valence-electron chi connectivity index (χ0n) is 25.8. The molecule has 0 aromatic heterocycles. The second-order valence-corrected chi connectivity index (χ2v) is 15.5. The first-order valence-electron chi connectivity index (χ1n) is 15.7. The SMILES string of the molecule is COC[C@@H]1C[C@H](C)/C=C/[C@H](OC)[C@@H]2CC[C@H]2CN2C[C@@]3(CCCc4cc(Cl)ccc43)COc3ccc(cc32)C(=O)NS1(=O)=O. The Labute approximate surface area is 266 Å². The second-order valence-electron chi connectivity index (χ2n) is 13.1. The van der Waals surface area contributed by atoms with Gasteiger partial charge in [0.1, 0.15) is 11.0 Å². The lowest BCUT2D eigenvalue weighted by Gasteiger charge is -2.46. The van der Waals surface area contributed by atoms with E-state index in [1.54, 1.807) is 19.2 Å². The van der Waals surface area contributed by atoms with E-state index in [0.29, 0.717) is 30.6 Å². The Morgan fingerprint density at radius 3 is 2.73 bits per heavy atom. The summed E-state index contributed by atoms with van der Waals surface area (Å²) in [5, 5.41) is -0.144. The third-order valence-corrected chi connectivity index (χ3v) is 12.1. The number of benzene rings is 2. The van der Waals surface area contributed by atoms with Crippen LogP contribution in [0, 0.1) is 17.8 Å². The Bertz CT molecular complexity index is 1530. The summed E-state index contributed by atoms with van der Waals surface area (Å²) in [6.45, 7) is 4.00. The van der Waals surface area contributed by atoms with Crippen LogP contribution in [-0.4, -0.2) is 66.2 Å². The number of methoxy groups -OCH3 is 2. The van der Waals surface area contributed by atoms with Crippen molar-refractivity contribution in [2.45, 2.75) is 62.2 Å². The van der Waals surface area contributed by atoms with Crippen LogP contribution >= 0.6 is 11.6 Å². The van der Waals surface area contributed by atoms with Crippen molar-refractivity contribution in [3.8, 4) is 5.75 Å². The summed E-state index contributed by atoms with van der Waals surface area (Å²) in [5.41, 5.74) is 3.40. The first-order valence-corrected chi connectivity index (χ1v) is 17.6. The predicted molar refractivity (Wildman–Crippen MR) is 172 cm³/mol. The number of aryl methyl sites for hydroxylation is 1. The number of nitrogens with one attached hydrogen (secondary N) is 1. The van der Waals surface area contributed by atoms with E-state index in [1.807, 2.05) is 19.1 Å². The molecule has 238 valence electrons. The molecule has 2 heterocycles. The van der Waals surface area contributed by atoms with E-state index in [-0.39, 0.29) is 29.6 Å². The van der Waals surface area contributed by atoms with Crippen LogP contribution in [-0.2, 0) is 31.3 Å². The molecule has 2 aromatic carbocycles. The number of nitrogens with zero attached hydrogens (tertiary/aromatic N) is 1. The summed E-state index contributed by atoms with van der Waals surface area (Å²) >= 11 is 6.41. The Hall–Kier alpha value is -2.59. The van der Waals surface area contributed by atoms with Crippen molar-refractivity contribution in [2.75, 3.05) is 45.4 Å². The van der Waals surface area contributed by atoms with Crippen LogP contribution in [0.1, 0.15) is 60.5 Å². The number of fused-ring (bicyclic) bond motifs is 4. The number of carbonyl (C=O) groups is 1. The van der Waals surface area contributed by atoms with Crippen LogP contribution in [0.15, 0.2) is 48.6 Å². The second kappa shape index (κ2) is 12.7. The minimum atomic E-state index is -4.02. The number of anilines is 1. The lowest BCUT2D eigenvalue weighted by atomic mass is 9.68. The first kappa shape index (κ1) is 31.4. The molecule has 2 aliphatic carbocycles. The molecule has 2 aliphatic heterocycles. The number of hydrogen-bond donors (Lipinski definition) is 1. The van der Waals surface area contributed by atoms with Crippen LogP contribution in [0.25, 0.3) is 0 Å². The van der Waals surface area contributed by atoms with Gasteiger partial charge in [0.2, 0.25) is 10.0 Å². The van der Waals surface area contributed by atoms with E-state index in [4.69, 9.17) is 25.8 Å². The lowest BCUT2D eigenvalue weighted by molar-refractivity contribution is 0.0130. The highest BCUT2D eigenvalue weighted by atomic mass is 35.5. The number of sulfonamides is 1. The van der Waals surface area contributed by atoms with Crippen LogP contribution in [0.5, 0.6) is 5.75 Å². The molecule has 1 amide bonds. The van der Waals surface area contributed by atoms with Crippen molar-refractivity contribution in [2.24, 2.45) is 17.8 Å².